The van der Waals surface area contributed by atoms with Crippen molar-refractivity contribution < 1.29 is 29.0 Å². The molecule has 3 aromatic carbocycles. The van der Waals surface area contributed by atoms with E-state index < -0.39 is 35.6 Å². The summed E-state index contributed by atoms with van der Waals surface area (Å²) in [7, 11) is 0. The number of hydrogen-bond donors (Lipinski definition) is 2. The number of carboxylic acid groups (broad SMARTS) is 1. The Balaban J connectivity index is 1.20. The zero-order valence-corrected chi connectivity index (χ0v) is 20.4. The number of carbonyl (C=O) groups is 4. The number of urea groups is 1. The number of fused-ring (bicyclic) bond motifs is 3. The second-order valence-electron chi connectivity index (χ2n) is 9.88. The van der Waals surface area contributed by atoms with Crippen molar-refractivity contribution in [3.05, 3.63) is 95.6 Å². The lowest BCUT2D eigenvalue weighted by Crippen LogP contribution is -2.50. The second-order valence-corrected chi connectivity index (χ2v) is 9.88. The lowest BCUT2D eigenvalue weighted by atomic mass is 9.96. The molecule has 3 aromatic rings. The number of rotatable bonds is 5. The van der Waals surface area contributed by atoms with E-state index in [1.807, 2.05) is 54.6 Å². The van der Waals surface area contributed by atoms with E-state index in [1.165, 1.54) is 0 Å². The molecule has 38 heavy (non-hydrogen) atoms. The van der Waals surface area contributed by atoms with Crippen LogP contribution in [-0.2, 0) is 20.9 Å². The minimum atomic E-state index is -1.51. The number of hydrogen-bond acceptors (Lipinski definition) is 5. The average molecular weight is 512 g/mol. The molecule has 0 bridgehead atoms. The number of nitrogens with one attached hydrogen (secondary N) is 1. The summed E-state index contributed by atoms with van der Waals surface area (Å²) < 4.78 is 5.68. The van der Waals surface area contributed by atoms with Gasteiger partial charge in [0.05, 0.1) is 13.1 Å². The fourth-order valence-corrected chi connectivity index (χ4v) is 5.83. The number of nitrogens with zero attached hydrogens (tertiary/aromatic N) is 2. The van der Waals surface area contributed by atoms with Crippen molar-refractivity contribution >= 4 is 24.0 Å². The van der Waals surface area contributed by atoms with Crippen molar-refractivity contribution in [2.24, 2.45) is 0 Å². The van der Waals surface area contributed by atoms with Crippen LogP contribution in [0.5, 0.6) is 0 Å². The minimum Gasteiger partial charge on any atom is -0.480 e. The van der Waals surface area contributed by atoms with Gasteiger partial charge in [-0.05, 0) is 27.8 Å². The van der Waals surface area contributed by atoms with E-state index in [9.17, 15) is 24.3 Å². The normalized spacial score (nSPS) is 21.9. The van der Waals surface area contributed by atoms with Crippen LogP contribution in [-0.4, -0.2) is 63.6 Å². The highest BCUT2D eigenvalue weighted by molar-refractivity contribution is 6.08. The monoisotopic (exact) mass is 511 g/mol. The Kier molecular flexibility index (Phi) is 5.63. The van der Waals surface area contributed by atoms with Gasteiger partial charge >= 0.3 is 18.1 Å². The Morgan fingerprint density at radius 2 is 1.53 bits per heavy atom. The molecule has 4 amide bonds. The molecule has 2 aliphatic heterocycles. The van der Waals surface area contributed by atoms with Gasteiger partial charge < -0.3 is 15.2 Å². The van der Waals surface area contributed by atoms with Gasteiger partial charge in [-0.2, -0.15) is 0 Å². The van der Waals surface area contributed by atoms with Crippen LogP contribution >= 0.6 is 0 Å². The largest absolute Gasteiger partial charge is 0.480 e. The second kappa shape index (κ2) is 9.02. The molecule has 1 spiro atoms. The van der Waals surface area contributed by atoms with Crippen LogP contribution < -0.4 is 5.32 Å². The fourth-order valence-electron chi connectivity index (χ4n) is 5.83. The molecule has 192 valence electrons. The van der Waals surface area contributed by atoms with Gasteiger partial charge in [0.25, 0.3) is 5.91 Å². The molecule has 3 aliphatic rings. The number of aliphatic carboxylic acids is 1. The van der Waals surface area contributed by atoms with Crippen LogP contribution in [0, 0.1) is 0 Å². The molecule has 2 saturated heterocycles. The zero-order valence-electron chi connectivity index (χ0n) is 20.4. The summed E-state index contributed by atoms with van der Waals surface area (Å²) in [6, 6.07) is 22.9. The first-order valence-corrected chi connectivity index (χ1v) is 12.4. The van der Waals surface area contributed by atoms with E-state index >= 15 is 0 Å². The number of carbonyl (C=O) groups excluding carboxylic acids is 3. The van der Waals surface area contributed by atoms with Gasteiger partial charge in [-0.1, -0.05) is 78.9 Å². The number of imide groups is 1. The average Bonchev–Trinajstić information content (AvgIpc) is 3.54. The maximum atomic E-state index is 13.4. The SMILES string of the molecule is O=C(O)[C@@H]1C[C@]2(CN1C(=O)OCC1c3ccccc3-c3ccccc31)NC(=O)N(Cc1ccccc1)C2=O. The molecule has 0 aromatic heterocycles. The maximum absolute atomic E-state index is 13.4. The molecular formula is C29H25N3O6. The Bertz CT molecular complexity index is 1410. The molecule has 9 heteroatoms. The summed E-state index contributed by atoms with van der Waals surface area (Å²) in [5, 5.41) is 12.5. The predicted molar refractivity (Wildman–Crippen MR) is 136 cm³/mol. The molecule has 2 atom stereocenters. The van der Waals surface area contributed by atoms with Crippen molar-refractivity contribution in [2.45, 2.75) is 30.5 Å². The van der Waals surface area contributed by atoms with Crippen LogP contribution in [0.4, 0.5) is 9.59 Å². The quantitative estimate of drug-likeness (QED) is 0.506. The van der Waals surface area contributed by atoms with Gasteiger partial charge in [0.2, 0.25) is 0 Å². The Morgan fingerprint density at radius 3 is 2.16 bits per heavy atom. The lowest BCUT2D eigenvalue weighted by Gasteiger charge is -2.23. The minimum absolute atomic E-state index is 0.0170. The summed E-state index contributed by atoms with van der Waals surface area (Å²) in [6.45, 7) is -0.213. The van der Waals surface area contributed by atoms with Crippen molar-refractivity contribution in [2.75, 3.05) is 13.2 Å². The highest BCUT2D eigenvalue weighted by atomic mass is 16.6. The fraction of sp³-hybridized carbons (Fsp3) is 0.241. The van der Waals surface area contributed by atoms with E-state index in [0.717, 1.165) is 37.6 Å². The van der Waals surface area contributed by atoms with Crippen LogP contribution in [0.25, 0.3) is 11.1 Å². The lowest BCUT2D eigenvalue weighted by molar-refractivity contribution is -0.141. The molecule has 0 radical (unpaired) electrons. The van der Waals surface area contributed by atoms with Crippen molar-refractivity contribution in [1.82, 2.24) is 15.1 Å². The van der Waals surface area contributed by atoms with E-state index in [-0.39, 0.29) is 32.0 Å². The summed E-state index contributed by atoms with van der Waals surface area (Å²) in [6.07, 6.45) is -1.07. The topological polar surface area (TPSA) is 116 Å². The molecular weight excluding hydrogens is 486 g/mol. The summed E-state index contributed by atoms with van der Waals surface area (Å²) in [5.74, 6) is -2.01. The van der Waals surface area contributed by atoms with Crippen molar-refractivity contribution in [1.29, 1.82) is 0 Å². The highest BCUT2D eigenvalue weighted by Crippen LogP contribution is 2.44. The Hall–Kier alpha value is -4.66. The number of amides is 4. The third-order valence-electron chi connectivity index (χ3n) is 7.64. The van der Waals surface area contributed by atoms with E-state index in [0.29, 0.717) is 0 Å². The van der Waals surface area contributed by atoms with Crippen LogP contribution in [0.15, 0.2) is 78.9 Å². The summed E-state index contributed by atoms with van der Waals surface area (Å²) >= 11 is 0. The first kappa shape index (κ1) is 23.7. The number of carboxylic acids is 1. The first-order valence-electron chi connectivity index (χ1n) is 12.4. The number of ether oxygens (including phenoxy) is 1. The van der Waals surface area contributed by atoms with Crippen LogP contribution in [0.2, 0.25) is 0 Å². The van der Waals surface area contributed by atoms with Gasteiger partial charge in [-0.15, -0.1) is 0 Å². The third-order valence-corrected chi connectivity index (χ3v) is 7.64. The van der Waals surface area contributed by atoms with Gasteiger partial charge in [0.15, 0.2) is 0 Å². The first-order chi connectivity index (χ1) is 18.4. The molecule has 0 saturated carbocycles. The third kappa shape index (κ3) is 3.78. The molecule has 2 N–H and O–H groups in total. The molecule has 0 unspecified atom stereocenters. The number of likely N-dealkylation sites (tertiary alicyclic amines) is 1. The highest BCUT2D eigenvalue weighted by Gasteiger charge is 2.60. The van der Waals surface area contributed by atoms with E-state index in [2.05, 4.69) is 5.32 Å². The molecule has 2 fully saturated rings. The van der Waals surface area contributed by atoms with E-state index in [1.54, 1.807) is 24.3 Å². The van der Waals surface area contributed by atoms with Crippen LogP contribution in [0.3, 0.4) is 0 Å². The van der Waals surface area contributed by atoms with Gasteiger partial charge in [-0.3, -0.25) is 14.6 Å². The standard InChI is InChI=1S/C29H25N3O6/c33-25(34)24-14-29(26(35)31(27(36)30-29)15-18-8-2-1-3-9-18)17-32(24)28(37)38-16-23-21-12-6-4-10-19(21)20-11-5-7-13-22(20)23/h1-13,23-24H,14-17H2,(H,30,36)(H,33,34)/t24-,29+/m0/s1. The summed E-state index contributed by atoms with van der Waals surface area (Å²) in [5.41, 5.74) is 3.46. The van der Waals surface area contributed by atoms with Crippen molar-refractivity contribution in [3.8, 4) is 11.1 Å². The number of benzene rings is 3. The Morgan fingerprint density at radius 1 is 0.921 bits per heavy atom. The molecule has 1 aliphatic carbocycles. The van der Waals surface area contributed by atoms with Crippen molar-refractivity contribution in [3.63, 3.8) is 0 Å². The zero-order chi connectivity index (χ0) is 26.4. The molecule has 9 nitrogen and oxygen atoms in total. The molecule has 6 rings (SSSR count). The predicted octanol–water partition coefficient (Wildman–Crippen LogP) is 3.59. The van der Waals surface area contributed by atoms with Gasteiger partial charge in [0.1, 0.15) is 18.2 Å². The molecule has 2 heterocycles. The van der Waals surface area contributed by atoms with Crippen LogP contribution in [0.1, 0.15) is 29.0 Å². The maximum Gasteiger partial charge on any atom is 0.410 e. The van der Waals surface area contributed by atoms with E-state index in [4.69, 9.17) is 4.74 Å². The van der Waals surface area contributed by atoms with Gasteiger partial charge in [0, 0.05) is 12.3 Å². The summed E-state index contributed by atoms with van der Waals surface area (Å²) in [4.78, 5) is 53.6. The Labute approximate surface area is 218 Å². The van der Waals surface area contributed by atoms with Gasteiger partial charge in [-0.25, -0.2) is 14.4 Å². The smallest absolute Gasteiger partial charge is 0.410 e.